The van der Waals surface area contributed by atoms with Crippen molar-refractivity contribution in [3.05, 3.63) is 29.8 Å². The SMILES string of the molecule is CCCCN1C(=NC2CCCCC2)SCC1N(C(C)=O)c1ccc(C(C)C)cc1. The molecule has 1 atom stereocenters. The zero-order valence-corrected chi connectivity index (χ0v) is 19.4. The fraction of sp³-hybridized carbons (Fsp3) is 0.667. The molecule has 1 saturated carbocycles. The molecule has 0 radical (unpaired) electrons. The molecule has 1 aliphatic carbocycles. The van der Waals surface area contributed by atoms with Gasteiger partial charge in [-0.1, -0.05) is 70.3 Å². The Labute approximate surface area is 181 Å². The van der Waals surface area contributed by atoms with Crippen LogP contribution in [-0.2, 0) is 4.79 Å². The third kappa shape index (κ3) is 5.56. The van der Waals surface area contributed by atoms with Crippen LogP contribution in [0.25, 0.3) is 0 Å². The second kappa shape index (κ2) is 10.5. The molecule has 2 fully saturated rings. The maximum absolute atomic E-state index is 12.7. The monoisotopic (exact) mass is 415 g/mol. The minimum atomic E-state index is 0.0521. The van der Waals surface area contributed by atoms with Crippen molar-refractivity contribution in [1.29, 1.82) is 0 Å². The number of benzene rings is 1. The number of hydrogen-bond acceptors (Lipinski definition) is 3. The Morgan fingerprint density at radius 2 is 1.90 bits per heavy atom. The van der Waals surface area contributed by atoms with Gasteiger partial charge in [-0.25, -0.2) is 0 Å². The van der Waals surface area contributed by atoms with Gasteiger partial charge in [0.25, 0.3) is 0 Å². The molecule has 1 heterocycles. The van der Waals surface area contributed by atoms with Gasteiger partial charge in [0.2, 0.25) is 5.91 Å². The van der Waals surface area contributed by atoms with Gasteiger partial charge in [-0.3, -0.25) is 14.7 Å². The molecule has 1 aromatic rings. The van der Waals surface area contributed by atoms with Crippen molar-refractivity contribution in [2.75, 3.05) is 17.2 Å². The Kier molecular flexibility index (Phi) is 8.05. The molecule has 29 heavy (non-hydrogen) atoms. The summed E-state index contributed by atoms with van der Waals surface area (Å²) in [5.41, 5.74) is 2.30. The lowest BCUT2D eigenvalue weighted by atomic mass is 9.96. The maximum Gasteiger partial charge on any atom is 0.225 e. The van der Waals surface area contributed by atoms with Crippen LogP contribution in [0.15, 0.2) is 29.3 Å². The Hall–Kier alpha value is -1.49. The molecule has 2 aliphatic rings. The van der Waals surface area contributed by atoms with Crippen LogP contribution in [0, 0.1) is 0 Å². The number of thioether (sulfide) groups is 1. The molecule has 0 aromatic heterocycles. The highest BCUT2D eigenvalue weighted by atomic mass is 32.2. The summed E-state index contributed by atoms with van der Waals surface area (Å²) >= 11 is 1.83. The Bertz CT molecular complexity index is 695. The first-order valence-corrected chi connectivity index (χ1v) is 12.4. The molecule has 0 spiro atoms. The number of unbranched alkanes of at least 4 members (excludes halogenated alkanes) is 1. The summed E-state index contributed by atoms with van der Waals surface area (Å²) in [4.78, 5) is 22.3. The van der Waals surface area contributed by atoms with E-state index in [1.807, 2.05) is 16.7 Å². The van der Waals surface area contributed by atoms with Crippen LogP contribution in [0.2, 0.25) is 0 Å². The highest BCUT2D eigenvalue weighted by Crippen LogP contribution is 2.33. The van der Waals surface area contributed by atoms with Gasteiger partial charge in [0.1, 0.15) is 6.17 Å². The van der Waals surface area contributed by atoms with E-state index < -0.39 is 0 Å². The molecule has 3 rings (SSSR count). The van der Waals surface area contributed by atoms with Crippen LogP contribution >= 0.6 is 11.8 Å². The Morgan fingerprint density at radius 3 is 2.48 bits per heavy atom. The summed E-state index contributed by atoms with van der Waals surface area (Å²) < 4.78 is 0. The fourth-order valence-electron chi connectivity index (χ4n) is 4.30. The zero-order chi connectivity index (χ0) is 20.8. The summed E-state index contributed by atoms with van der Waals surface area (Å²) in [6, 6.07) is 8.99. The molecule has 1 amide bonds. The first-order valence-electron chi connectivity index (χ1n) is 11.4. The molecule has 1 aromatic carbocycles. The summed E-state index contributed by atoms with van der Waals surface area (Å²) in [5.74, 6) is 1.49. The van der Waals surface area contributed by atoms with E-state index in [-0.39, 0.29) is 12.1 Å². The predicted octanol–water partition coefficient (Wildman–Crippen LogP) is 6.03. The normalized spacial score (nSPS) is 21.9. The zero-order valence-electron chi connectivity index (χ0n) is 18.6. The number of rotatable bonds is 7. The van der Waals surface area contributed by atoms with E-state index in [9.17, 15) is 4.79 Å². The summed E-state index contributed by atoms with van der Waals surface area (Å²) in [6.45, 7) is 9.28. The van der Waals surface area contributed by atoms with Crippen molar-refractivity contribution in [3.63, 3.8) is 0 Å². The lowest BCUT2D eigenvalue weighted by Crippen LogP contribution is -2.50. The lowest BCUT2D eigenvalue weighted by Gasteiger charge is -2.35. The number of aliphatic imine (C=N–C) groups is 1. The van der Waals surface area contributed by atoms with Crippen LogP contribution in [0.4, 0.5) is 5.69 Å². The number of carbonyl (C=O) groups is 1. The first-order chi connectivity index (χ1) is 14.0. The van der Waals surface area contributed by atoms with E-state index >= 15 is 0 Å². The number of nitrogens with zero attached hydrogens (tertiary/aromatic N) is 3. The number of carbonyl (C=O) groups excluding carboxylic acids is 1. The van der Waals surface area contributed by atoms with Crippen LogP contribution in [0.5, 0.6) is 0 Å². The molecule has 4 nitrogen and oxygen atoms in total. The average molecular weight is 416 g/mol. The highest BCUT2D eigenvalue weighted by molar-refractivity contribution is 8.14. The average Bonchev–Trinajstić information content (AvgIpc) is 3.09. The van der Waals surface area contributed by atoms with E-state index in [4.69, 9.17) is 4.99 Å². The third-order valence-corrected chi connectivity index (χ3v) is 7.13. The van der Waals surface area contributed by atoms with Crippen molar-refractivity contribution in [2.45, 2.75) is 90.8 Å². The van der Waals surface area contributed by atoms with E-state index in [1.54, 1.807) is 6.92 Å². The first kappa shape index (κ1) is 22.2. The van der Waals surface area contributed by atoms with Crippen molar-refractivity contribution < 1.29 is 4.79 Å². The number of amidine groups is 1. The second-order valence-electron chi connectivity index (χ2n) is 8.68. The second-order valence-corrected chi connectivity index (χ2v) is 9.66. The highest BCUT2D eigenvalue weighted by Gasteiger charge is 2.36. The molecule has 0 bridgehead atoms. The van der Waals surface area contributed by atoms with Gasteiger partial charge < -0.3 is 4.90 Å². The maximum atomic E-state index is 12.7. The standard InChI is InChI=1S/C24H37N3OS/c1-5-6-16-26-23(17-29-24(26)25-21-10-8-7-9-11-21)27(19(4)28)22-14-12-20(13-15-22)18(2)3/h12-15,18,21,23H,5-11,16-17H2,1-4H3. The molecule has 5 heteroatoms. The minimum absolute atomic E-state index is 0.0521. The Morgan fingerprint density at radius 1 is 1.21 bits per heavy atom. The van der Waals surface area contributed by atoms with E-state index in [2.05, 4.69) is 49.9 Å². The smallest absolute Gasteiger partial charge is 0.225 e. The van der Waals surface area contributed by atoms with E-state index in [0.29, 0.717) is 12.0 Å². The van der Waals surface area contributed by atoms with Gasteiger partial charge >= 0.3 is 0 Å². The van der Waals surface area contributed by atoms with E-state index in [1.165, 1.54) is 37.7 Å². The largest absolute Gasteiger partial charge is 0.330 e. The van der Waals surface area contributed by atoms with Crippen molar-refractivity contribution in [3.8, 4) is 0 Å². The minimum Gasteiger partial charge on any atom is -0.330 e. The van der Waals surface area contributed by atoms with Crippen molar-refractivity contribution in [2.24, 2.45) is 4.99 Å². The lowest BCUT2D eigenvalue weighted by molar-refractivity contribution is -0.117. The summed E-state index contributed by atoms with van der Waals surface area (Å²) in [5, 5.41) is 1.15. The van der Waals surface area contributed by atoms with Crippen LogP contribution in [0.1, 0.15) is 84.1 Å². The molecular weight excluding hydrogens is 378 g/mol. The van der Waals surface area contributed by atoms with Gasteiger partial charge in [-0.15, -0.1) is 0 Å². The predicted molar refractivity (Wildman–Crippen MR) is 126 cm³/mol. The van der Waals surface area contributed by atoms with Crippen molar-refractivity contribution >= 4 is 28.5 Å². The molecule has 160 valence electrons. The van der Waals surface area contributed by atoms with Crippen molar-refractivity contribution in [1.82, 2.24) is 4.90 Å². The van der Waals surface area contributed by atoms with Gasteiger partial charge in [-0.2, -0.15) is 0 Å². The van der Waals surface area contributed by atoms with Gasteiger partial charge in [-0.05, 0) is 42.9 Å². The Balaban J connectivity index is 1.85. The summed E-state index contributed by atoms with van der Waals surface area (Å²) in [6.07, 6.45) is 8.69. The van der Waals surface area contributed by atoms with Gasteiger partial charge in [0.05, 0.1) is 6.04 Å². The van der Waals surface area contributed by atoms with Gasteiger partial charge in [0.15, 0.2) is 5.17 Å². The molecule has 1 unspecified atom stereocenters. The number of amides is 1. The fourth-order valence-corrected chi connectivity index (χ4v) is 5.53. The number of anilines is 1. The molecule has 1 aliphatic heterocycles. The van der Waals surface area contributed by atoms with Crippen LogP contribution < -0.4 is 4.90 Å². The van der Waals surface area contributed by atoms with Crippen LogP contribution in [-0.4, -0.2) is 40.5 Å². The van der Waals surface area contributed by atoms with Gasteiger partial charge in [0, 0.05) is 24.9 Å². The summed E-state index contributed by atoms with van der Waals surface area (Å²) in [7, 11) is 0. The molecular formula is C24H37N3OS. The third-order valence-electron chi connectivity index (χ3n) is 6.06. The molecule has 0 N–H and O–H groups in total. The number of hydrogen-bond donors (Lipinski definition) is 0. The molecule has 1 saturated heterocycles. The quantitative estimate of drug-likeness (QED) is 0.546. The topological polar surface area (TPSA) is 35.9 Å². The van der Waals surface area contributed by atoms with E-state index in [0.717, 1.165) is 36.0 Å². The van der Waals surface area contributed by atoms with Crippen LogP contribution in [0.3, 0.4) is 0 Å².